The molecule has 1 aliphatic rings. The average molecular weight is 268 g/mol. The van der Waals surface area contributed by atoms with Gasteiger partial charge in [0.2, 0.25) is 0 Å². The van der Waals surface area contributed by atoms with E-state index in [1.165, 1.54) is 30.2 Å². The number of nitrogens with zero attached hydrogens (tertiary/aromatic N) is 1. The van der Waals surface area contributed by atoms with E-state index in [4.69, 9.17) is 4.42 Å². The lowest BCUT2D eigenvalue weighted by molar-refractivity contribution is 0.266. The van der Waals surface area contributed by atoms with E-state index in [1.54, 1.807) is 0 Å². The molecule has 0 saturated carbocycles. The molecule has 0 unspecified atom stereocenters. The third kappa shape index (κ3) is 4.34. The van der Waals surface area contributed by atoms with Crippen LogP contribution >= 0.6 is 11.8 Å². The van der Waals surface area contributed by atoms with E-state index in [0.717, 1.165) is 25.4 Å². The van der Waals surface area contributed by atoms with Crippen molar-refractivity contribution in [3.63, 3.8) is 0 Å². The Morgan fingerprint density at radius 1 is 1.39 bits per heavy atom. The molecule has 1 aliphatic heterocycles. The first-order valence-corrected chi connectivity index (χ1v) is 7.97. The van der Waals surface area contributed by atoms with Crippen LogP contribution in [0.1, 0.15) is 25.2 Å². The van der Waals surface area contributed by atoms with Gasteiger partial charge in [-0.1, -0.05) is 13.8 Å². The summed E-state index contributed by atoms with van der Waals surface area (Å²) in [6, 6.07) is 2.10. The van der Waals surface area contributed by atoms with E-state index in [-0.39, 0.29) is 0 Å². The van der Waals surface area contributed by atoms with Gasteiger partial charge < -0.3 is 9.73 Å². The molecular formula is C14H24N2OS. The van der Waals surface area contributed by atoms with Crippen LogP contribution in [0.15, 0.2) is 16.7 Å². The molecule has 18 heavy (non-hydrogen) atoms. The highest BCUT2D eigenvalue weighted by Crippen LogP contribution is 2.16. The topological polar surface area (TPSA) is 28.4 Å². The van der Waals surface area contributed by atoms with E-state index in [0.29, 0.717) is 5.92 Å². The fraction of sp³-hybridized carbons (Fsp3) is 0.714. The monoisotopic (exact) mass is 268 g/mol. The largest absolute Gasteiger partial charge is 0.468 e. The van der Waals surface area contributed by atoms with Crippen molar-refractivity contribution in [1.82, 2.24) is 10.2 Å². The summed E-state index contributed by atoms with van der Waals surface area (Å²) in [5.74, 6) is 4.33. The molecule has 1 aromatic rings. The molecule has 102 valence electrons. The summed E-state index contributed by atoms with van der Waals surface area (Å²) < 4.78 is 5.64. The molecule has 0 aromatic carbocycles. The molecule has 1 N–H and O–H groups in total. The lowest BCUT2D eigenvalue weighted by Gasteiger charge is -2.25. The second kappa shape index (κ2) is 7.22. The van der Waals surface area contributed by atoms with Crippen LogP contribution in [0.4, 0.5) is 0 Å². The molecule has 0 bridgehead atoms. The third-order valence-electron chi connectivity index (χ3n) is 3.18. The highest BCUT2D eigenvalue weighted by atomic mass is 32.2. The minimum absolute atomic E-state index is 0.694. The van der Waals surface area contributed by atoms with Crippen LogP contribution in [0, 0.1) is 5.92 Å². The third-order valence-corrected chi connectivity index (χ3v) is 4.12. The Morgan fingerprint density at radius 2 is 2.17 bits per heavy atom. The maximum atomic E-state index is 5.64. The van der Waals surface area contributed by atoms with Gasteiger partial charge in [0.15, 0.2) is 0 Å². The Labute approximate surface area is 114 Å². The van der Waals surface area contributed by atoms with Crippen LogP contribution in [0.5, 0.6) is 0 Å². The molecule has 2 heterocycles. The first kappa shape index (κ1) is 14.0. The highest BCUT2D eigenvalue weighted by molar-refractivity contribution is 7.99. The molecule has 2 rings (SSSR count). The number of hydrogen-bond acceptors (Lipinski definition) is 4. The lowest BCUT2D eigenvalue weighted by Crippen LogP contribution is -2.32. The molecular weight excluding hydrogens is 244 g/mol. The standard InChI is InChI=1S/C14H24N2OS/c1-12(2)9-15-10-13-3-6-17-14(13)11-16-4-7-18-8-5-16/h3,6,12,15H,4-5,7-11H2,1-2H3. The maximum Gasteiger partial charge on any atom is 0.122 e. The summed E-state index contributed by atoms with van der Waals surface area (Å²) in [7, 11) is 0. The zero-order valence-electron chi connectivity index (χ0n) is 11.4. The normalized spacial score (nSPS) is 17.5. The Kier molecular flexibility index (Phi) is 5.60. The summed E-state index contributed by atoms with van der Waals surface area (Å²) in [5.41, 5.74) is 1.31. The van der Waals surface area contributed by atoms with Gasteiger partial charge in [-0.2, -0.15) is 11.8 Å². The fourth-order valence-electron chi connectivity index (χ4n) is 2.12. The molecule has 0 amide bonds. The predicted molar refractivity (Wildman–Crippen MR) is 77.9 cm³/mol. The summed E-state index contributed by atoms with van der Waals surface area (Å²) in [5, 5.41) is 3.48. The van der Waals surface area contributed by atoms with Crippen LogP contribution in [0.3, 0.4) is 0 Å². The summed E-state index contributed by atoms with van der Waals surface area (Å²) in [4.78, 5) is 2.49. The fourth-order valence-corrected chi connectivity index (χ4v) is 3.10. The summed E-state index contributed by atoms with van der Waals surface area (Å²) in [6.45, 7) is 9.78. The van der Waals surface area contributed by atoms with Crippen LogP contribution in [0.25, 0.3) is 0 Å². The molecule has 0 aliphatic carbocycles. The Morgan fingerprint density at radius 3 is 2.89 bits per heavy atom. The zero-order chi connectivity index (χ0) is 12.8. The van der Waals surface area contributed by atoms with Gasteiger partial charge in [0.05, 0.1) is 12.8 Å². The van der Waals surface area contributed by atoms with Gasteiger partial charge in [0.25, 0.3) is 0 Å². The van der Waals surface area contributed by atoms with E-state index in [9.17, 15) is 0 Å². The molecule has 0 radical (unpaired) electrons. The zero-order valence-corrected chi connectivity index (χ0v) is 12.3. The van der Waals surface area contributed by atoms with Gasteiger partial charge in [-0.15, -0.1) is 0 Å². The molecule has 4 heteroatoms. The Hall–Kier alpha value is -0.450. The van der Waals surface area contributed by atoms with E-state index >= 15 is 0 Å². The van der Waals surface area contributed by atoms with Gasteiger partial charge in [-0.3, -0.25) is 4.90 Å². The first-order chi connectivity index (χ1) is 8.75. The van der Waals surface area contributed by atoms with Crippen LogP contribution < -0.4 is 5.32 Å². The summed E-state index contributed by atoms with van der Waals surface area (Å²) >= 11 is 2.05. The number of furan rings is 1. The predicted octanol–water partition coefficient (Wildman–Crippen LogP) is 2.57. The SMILES string of the molecule is CC(C)CNCc1ccoc1CN1CCSCC1. The van der Waals surface area contributed by atoms with Crippen molar-refractivity contribution in [2.75, 3.05) is 31.1 Å². The van der Waals surface area contributed by atoms with Crippen LogP contribution in [0.2, 0.25) is 0 Å². The van der Waals surface area contributed by atoms with Crippen molar-refractivity contribution in [2.24, 2.45) is 5.92 Å². The van der Waals surface area contributed by atoms with Crippen molar-refractivity contribution in [3.8, 4) is 0 Å². The Balaban J connectivity index is 1.82. The van der Waals surface area contributed by atoms with Crippen molar-refractivity contribution in [3.05, 3.63) is 23.7 Å². The quantitative estimate of drug-likeness (QED) is 0.858. The van der Waals surface area contributed by atoms with Gasteiger partial charge in [-0.25, -0.2) is 0 Å². The molecule has 1 saturated heterocycles. The van der Waals surface area contributed by atoms with Gasteiger partial charge >= 0.3 is 0 Å². The molecule has 3 nitrogen and oxygen atoms in total. The maximum absolute atomic E-state index is 5.64. The smallest absolute Gasteiger partial charge is 0.122 e. The Bertz CT molecular complexity index is 345. The van der Waals surface area contributed by atoms with Crippen molar-refractivity contribution in [1.29, 1.82) is 0 Å². The molecule has 1 aromatic heterocycles. The second-order valence-corrected chi connectivity index (χ2v) is 6.51. The van der Waals surface area contributed by atoms with Crippen LogP contribution in [-0.4, -0.2) is 36.0 Å². The lowest BCUT2D eigenvalue weighted by atomic mass is 10.2. The van der Waals surface area contributed by atoms with Gasteiger partial charge in [0, 0.05) is 36.7 Å². The minimum Gasteiger partial charge on any atom is -0.468 e. The molecule has 1 fully saturated rings. The van der Waals surface area contributed by atoms with Crippen LogP contribution in [-0.2, 0) is 13.1 Å². The molecule has 0 atom stereocenters. The van der Waals surface area contributed by atoms with Gasteiger partial charge in [-0.05, 0) is 18.5 Å². The van der Waals surface area contributed by atoms with E-state index in [2.05, 4.69) is 30.1 Å². The van der Waals surface area contributed by atoms with E-state index in [1.807, 2.05) is 18.0 Å². The number of nitrogens with one attached hydrogen (secondary N) is 1. The van der Waals surface area contributed by atoms with E-state index < -0.39 is 0 Å². The molecule has 0 spiro atoms. The van der Waals surface area contributed by atoms with Crippen molar-refractivity contribution < 1.29 is 4.42 Å². The average Bonchev–Trinajstić information content (AvgIpc) is 2.78. The highest BCUT2D eigenvalue weighted by Gasteiger charge is 2.14. The number of hydrogen-bond donors (Lipinski definition) is 1. The summed E-state index contributed by atoms with van der Waals surface area (Å²) in [6.07, 6.45) is 1.82. The number of thioether (sulfide) groups is 1. The van der Waals surface area contributed by atoms with Crippen molar-refractivity contribution in [2.45, 2.75) is 26.9 Å². The van der Waals surface area contributed by atoms with Crippen molar-refractivity contribution >= 4 is 11.8 Å². The first-order valence-electron chi connectivity index (χ1n) is 6.82. The van der Waals surface area contributed by atoms with Gasteiger partial charge in [0.1, 0.15) is 5.76 Å². The minimum atomic E-state index is 0.694. The second-order valence-electron chi connectivity index (χ2n) is 5.28. The number of rotatable bonds is 6.